The Balaban J connectivity index is 2.32. The van der Waals surface area contributed by atoms with Crippen LogP contribution in [-0.4, -0.2) is 30.3 Å². The molecule has 0 heterocycles. The molecule has 1 aromatic carbocycles. The lowest BCUT2D eigenvalue weighted by Gasteiger charge is -2.25. The van der Waals surface area contributed by atoms with Gasteiger partial charge in [0.1, 0.15) is 0 Å². The Morgan fingerprint density at radius 1 is 1.17 bits per heavy atom. The molecule has 0 N–H and O–H groups in total. The van der Waals surface area contributed by atoms with E-state index in [0.717, 1.165) is 18.5 Å². The molecule has 0 aliphatic rings. The van der Waals surface area contributed by atoms with Gasteiger partial charge in [-0.25, -0.2) is 0 Å². The van der Waals surface area contributed by atoms with E-state index >= 15 is 0 Å². The van der Waals surface area contributed by atoms with Crippen LogP contribution in [-0.2, 0) is 0 Å². The first-order valence-electron chi connectivity index (χ1n) is 6.97. The van der Waals surface area contributed by atoms with Crippen LogP contribution in [0, 0.1) is 0 Å². The van der Waals surface area contributed by atoms with E-state index in [4.69, 9.17) is 0 Å². The molecule has 0 atom stereocenters. The highest BCUT2D eigenvalue weighted by atomic mass is 16.1. The number of hydrogen-bond donors (Lipinski definition) is 0. The third-order valence-electron chi connectivity index (χ3n) is 3.58. The molecule has 0 aliphatic heterocycles. The highest BCUT2D eigenvalue weighted by molar-refractivity contribution is 5.95. The van der Waals surface area contributed by atoms with Gasteiger partial charge in [-0.3, -0.25) is 4.79 Å². The zero-order valence-electron chi connectivity index (χ0n) is 11.9. The van der Waals surface area contributed by atoms with Gasteiger partial charge in [-0.15, -0.1) is 0 Å². The highest BCUT2D eigenvalue weighted by Gasteiger charge is 2.11. The molecule has 0 radical (unpaired) electrons. The van der Waals surface area contributed by atoms with Gasteiger partial charge in [0.25, 0.3) is 0 Å². The summed E-state index contributed by atoms with van der Waals surface area (Å²) in [5.41, 5.74) is 0.836. The fraction of sp³-hybridized carbons (Fsp3) is 0.562. The van der Waals surface area contributed by atoms with E-state index < -0.39 is 0 Å². The van der Waals surface area contributed by atoms with Gasteiger partial charge in [0, 0.05) is 18.0 Å². The van der Waals surface area contributed by atoms with Crippen LogP contribution < -0.4 is 0 Å². The van der Waals surface area contributed by atoms with Crippen molar-refractivity contribution in [3.05, 3.63) is 35.9 Å². The summed E-state index contributed by atoms with van der Waals surface area (Å²) < 4.78 is 0. The molecule has 0 saturated heterocycles. The van der Waals surface area contributed by atoms with Crippen molar-refractivity contribution >= 4 is 5.78 Å². The molecule has 18 heavy (non-hydrogen) atoms. The second-order valence-corrected chi connectivity index (χ2v) is 4.84. The fourth-order valence-electron chi connectivity index (χ4n) is 2.35. The van der Waals surface area contributed by atoms with Gasteiger partial charge in [0.05, 0.1) is 0 Å². The first-order valence-corrected chi connectivity index (χ1v) is 6.97. The zero-order chi connectivity index (χ0) is 13.4. The minimum Gasteiger partial charge on any atom is -0.303 e. The standard InChI is InChI=1S/C16H25NO/c1-4-15(5-2)17(3)13-9-12-16(18)14-10-7-6-8-11-14/h6-8,10-11,15H,4-5,9,12-13H2,1-3H3. The molecule has 0 aromatic heterocycles. The summed E-state index contributed by atoms with van der Waals surface area (Å²) in [6.45, 7) is 5.45. The van der Waals surface area contributed by atoms with Crippen molar-refractivity contribution in [2.24, 2.45) is 0 Å². The van der Waals surface area contributed by atoms with E-state index in [2.05, 4.69) is 25.8 Å². The summed E-state index contributed by atoms with van der Waals surface area (Å²) in [5, 5.41) is 0. The van der Waals surface area contributed by atoms with Crippen molar-refractivity contribution in [2.45, 2.75) is 45.6 Å². The number of ketones is 1. The molecule has 0 fully saturated rings. The summed E-state index contributed by atoms with van der Waals surface area (Å²) in [5.74, 6) is 0.258. The van der Waals surface area contributed by atoms with Crippen molar-refractivity contribution in [2.75, 3.05) is 13.6 Å². The molecule has 2 heteroatoms. The predicted octanol–water partition coefficient (Wildman–Crippen LogP) is 3.77. The van der Waals surface area contributed by atoms with E-state index in [9.17, 15) is 4.79 Å². The van der Waals surface area contributed by atoms with E-state index in [0.29, 0.717) is 12.5 Å². The maximum absolute atomic E-state index is 11.9. The first kappa shape index (κ1) is 14.9. The highest BCUT2D eigenvalue weighted by Crippen LogP contribution is 2.09. The fourth-order valence-corrected chi connectivity index (χ4v) is 2.35. The van der Waals surface area contributed by atoms with Gasteiger partial charge < -0.3 is 4.90 Å². The second-order valence-electron chi connectivity index (χ2n) is 4.84. The average Bonchev–Trinajstić information content (AvgIpc) is 2.41. The molecular weight excluding hydrogens is 222 g/mol. The summed E-state index contributed by atoms with van der Waals surface area (Å²) in [6.07, 6.45) is 3.95. The number of benzene rings is 1. The van der Waals surface area contributed by atoms with Crippen LogP contribution >= 0.6 is 0 Å². The van der Waals surface area contributed by atoms with Gasteiger partial charge in [0.2, 0.25) is 0 Å². The topological polar surface area (TPSA) is 20.3 Å². The van der Waals surface area contributed by atoms with Crippen molar-refractivity contribution < 1.29 is 4.79 Å². The smallest absolute Gasteiger partial charge is 0.162 e. The lowest BCUT2D eigenvalue weighted by molar-refractivity contribution is 0.0973. The minimum absolute atomic E-state index is 0.258. The van der Waals surface area contributed by atoms with Crippen molar-refractivity contribution in [1.82, 2.24) is 4.90 Å². The lowest BCUT2D eigenvalue weighted by Crippen LogP contribution is -2.31. The van der Waals surface area contributed by atoms with E-state index in [1.54, 1.807) is 0 Å². The predicted molar refractivity (Wildman–Crippen MR) is 77.0 cm³/mol. The van der Waals surface area contributed by atoms with Crippen LogP contribution in [0.3, 0.4) is 0 Å². The van der Waals surface area contributed by atoms with E-state index in [1.807, 2.05) is 30.3 Å². The summed E-state index contributed by atoms with van der Waals surface area (Å²) >= 11 is 0. The molecule has 1 aromatic rings. The Kier molecular flexibility index (Phi) is 6.66. The Morgan fingerprint density at radius 3 is 2.33 bits per heavy atom. The minimum atomic E-state index is 0.258. The summed E-state index contributed by atoms with van der Waals surface area (Å²) in [6, 6.07) is 10.2. The molecule has 0 aliphatic carbocycles. The van der Waals surface area contributed by atoms with Gasteiger partial charge in [-0.1, -0.05) is 44.2 Å². The lowest BCUT2D eigenvalue weighted by atomic mass is 10.1. The Bertz CT molecular complexity index is 343. The van der Waals surface area contributed by atoms with Gasteiger partial charge in [-0.05, 0) is 32.9 Å². The summed E-state index contributed by atoms with van der Waals surface area (Å²) in [4.78, 5) is 14.3. The zero-order valence-corrected chi connectivity index (χ0v) is 11.9. The molecule has 100 valence electrons. The number of hydrogen-bond acceptors (Lipinski definition) is 2. The van der Waals surface area contributed by atoms with Gasteiger partial charge >= 0.3 is 0 Å². The Morgan fingerprint density at radius 2 is 1.78 bits per heavy atom. The summed E-state index contributed by atoms with van der Waals surface area (Å²) in [7, 11) is 2.16. The van der Waals surface area contributed by atoms with Crippen molar-refractivity contribution in [1.29, 1.82) is 0 Å². The third kappa shape index (κ3) is 4.61. The van der Waals surface area contributed by atoms with Crippen LogP contribution in [0.4, 0.5) is 0 Å². The number of Topliss-reactive ketones (excluding diaryl/α,β-unsaturated/α-hetero) is 1. The number of nitrogens with zero attached hydrogens (tertiary/aromatic N) is 1. The van der Waals surface area contributed by atoms with Crippen LogP contribution in [0.25, 0.3) is 0 Å². The molecule has 0 unspecified atom stereocenters. The van der Waals surface area contributed by atoms with E-state index in [-0.39, 0.29) is 5.78 Å². The van der Waals surface area contributed by atoms with Crippen LogP contribution in [0.15, 0.2) is 30.3 Å². The normalized spacial score (nSPS) is 11.2. The number of rotatable bonds is 8. The molecule has 2 nitrogen and oxygen atoms in total. The Labute approximate surface area is 111 Å². The van der Waals surface area contributed by atoms with Crippen LogP contribution in [0.1, 0.15) is 49.9 Å². The molecule has 0 saturated carbocycles. The maximum Gasteiger partial charge on any atom is 0.162 e. The van der Waals surface area contributed by atoms with Crippen LogP contribution in [0.2, 0.25) is 0 Å². The van der Waals surface area contributed by atoms with E-state index in [1.165, 1.54) is 12.8 Å². The average molecular weight is 247 g/mol. The molecular formula is C16H25NO. The quantitative estimate of drug-likeness (QED) is 0.652. The third-order valence-corrected chi connectivity index (χ3v) is 3.58. The largest absolute Gasteiger partial charge is 0.303 e. The maximum atomic E-state index is 11.9. The van der Waals surface area contributed by atoms with Crippen molar-refractivity contribution in [3.8, 4) is 0 Å². The van der Waals surface area contributed by atoms with Gasteiger partial charge in [-0.2, -0.15) is 0 Å². The number of carbonyl (C=O) groups excluding carboxylic acids is 1. The van der Waals surface area contributed by atoms with Crippen LogP contribution in [0.5, 0.6) is 0 Å². The van der Waals surface area contributed by atoms with Gasteiger partial charge in [0.15, 0.2) is 5.78 Å². The molecule has 0 amide bonds. The monoisotopic (exact) mass is 247 g/mol. The molecule has 1 rings (SSSR count). The SMILES string of the molecule is CCC(CC)N(C)CCCC(=O)c1ccccc1. The molecule has 0 bridgehead atoms. The molecule has 0 spiro atoms. The van der Waals surface area contributed by atoms with Crippen molar-refractivity contribution in [3.63, 3.8) is 0 Å². The second kappa shape index (κ2) is 8.04. The first-order chi connectivity index (χ1) is 8.69. The Hall–Kier alpha value is -1.15. The number of carbonyl (C=O) groups is 1.